The Morgan fingerprint density at radius 1 is 1.00 bits per heavy atom. The van der Waals surface area contributed by atoms with Crippen molar-refractivity contribution in [3.8, 4) is 11.3 Å². The molecule has 0 amide bonds. The molecule has 0 bridgehead atoms. The van der Waals surface area contributed by atoms with Crippen LogP contribution in [0, 0.1) is 0 Å². The molecule has 24 heavy (non-hydrogen) atoms. The second kappa shape index (κ2) is 7.88. The number of nitrogens with zero attached hydrogens (tertiary/aromatic N) is 3. The summed E-state index contributed by atoms with van der Waals surface area (Å²) in [5.41, 5.74) is 4.21. The molecule has 2 heterocycles. The van der Waals surface area contributed by atoms with Crippen LogP contribution in [0.4, 0.5) is 5.69 Å². The molecular weight excluding hydrogens is 296 g/mol. The van der Waals surface area contributed by atoms with Crippen LogP contribution in [0.5, 0.6) is 0 Å². The summed E-state index contributed by atoms with van der Waals surface area (Å²) >= 11 is 0. The highest BCUT2D eigenvalue weighted by Crippen LogP contribution is 2.27. The molecule has 0 aliphatic heterocycles. The number of likely N-dealkylation sites (N-methyl/N-ethyl adjacent to an activating group) is 1. The van der Waals surface area contributed by atoms with Gasteiger partial charge in [-0.25, -0.2) is 4.98 Å². The zero-order valence-corrected chi connectivity index (χ0v) is 14.4. The number of fused-ring (bicyclic) bond motifs is 1. The van der Waals surface area contributed by atoms with Crippen molar-refractivity contribution in [1.82, 2.24) is 14.9 Å². The Morgan fingerprint density at radius 2 is 1.75 bits per heavy atom. The van der Waals surface area contributed by atoms with Crippen molar-refractivity contribution in [3.63, 3.8) is 0 Å². The molecular formula is C20H24N4. The number of pyridine rings is 2. The van der Waals surface area contributed by atoms with Crippen LogP contribution in [0.25, 0.3) is 22.2 Å². The van der Waals surface area contributed by atoms with E-state index < -0.39 is 0 Å². The van der Waals surface area contributed by atoms with Crippen LogP contribution in [-0.4, -0.2) is 41.0 Å². The molecule has 1 aromatic carbocycles. The van der Waals surface area contributed by atoms with Crippen molar-refractivity contribution >= 4 is 16.6 Å². The lowest BCUT2D eigenvalue weighted by Crippen LogP contribution is -2.28. The maximum absolute atomic E-state index is 4.80. The van der Waals surface area contributed by atoms with E-state index in [9.17, 15) is 0 Å². The van der Waals surface area contributed by atoms with Crippen LogP contribution < -0.4 is 5.32 Å². The Kier molecular flexibility index (Phi) is 5.39. The lowest BCUT2D eigenvalue weighted by Gasteiger charge is -2.19. The van der Waals surface area contributed by atoms with Crippen LogP contribution in [-0.2, 0) is 0 Å². The number of hydrogen-bond acceptors (Lipinski definition) is 4. The molecule has 0 spiro atoms. The van der Waals surface area contributed by atoms with Gasteiger partial charge in [0.1, 0.15) is 0 Å². The maximum atomic E-state index is 4.80. The quantitative estimate of drug-likeness (QED) is 0.713. The summed E-state index contributed by atoms with van der Waals surface area (Å²) in [6.07, 6.45) is 3.61. The molecule has 3 aromatic rings. The predicted octanol–water partition coefficient (Wildman–Crippen LogP) is 4.05. The fourth-order valence-corrected chi connectivity index (χ4v) is 2.88. The smallest absolute Gasteiger partial charge is 0.0731 e. The lowest BCUT2D eigenvalue weighted by molar-refractivity contribution is 0.316. The first kappa shape index (κ1) is 16.4. The van der Waals surface area contributed by atoms with E-state index >= 15 is 0 Å². The van der Waals surface area contributed by atoms with Gasteiger partial charge in [0.25, 0.3) is 0 Å². The zero-order chi connectivity index (χ0) is 16.8. The first-order valence-corrected chi connectivity index (χ1v) is 8.58. The number of nitrogens with one attached hydrogen (secondary N) is 1. The molecule has 3 rings (SSSR count). The van der Waals surface area contributed by atoms with Crippen molar-refractivity contribution in [3.05, 3.63) is 54.9 Å². The highest BCUT2D eigenvalue weighted by atomic mass is 15.1. The van der Waals surface area contributed by atoms with E-state index in [0.717, 1.165) is 54.0 Å². The number of rotatable bonds is 7. The molecule has 124 valence electrons. The second-order valence-electron chi connectivity index (χ2n) is 5.76. The predicted molar refractivity (Wildman–Crippen MR) is 101 cm³/mol. The molecule has 1 N–H and O–H groups in total. The molecule has 4 heteroatoms. The Hall–Kier alpha value is -2.46. The average Bonchev–Trinajstić information content (AvgIpc) is 2.65. The summed E-state index contributed by atoms with van der Waals surface area (Å²) in [6.45, 7) is 8.52. The fraction of sp³-hybridized carbons (Fsp3) is 0.300. The molecule has 0 aliphatic carbocycles. The van der Waals surface area contributed by atoms with E-state index in [0.29, 0.717) is 0 Å². The van der Waals surface area contributed by atoms with Gasteiger partial charge < -0.3 is 10.2 Å². The molecule has 0 saturated carbocycles. The SMILES string of the molecule is CCN(CC)CCNc1cc(-c2ccncc2)nc2ccccc12. The third-order valence-corrected chi connectivity index (χ3v) is 4.33. The van der Waals surface area contributed by atoms with Gasteiger partial charge in [-0.3, -0.25) is 4.98 Å². The number of anilines is 1. The van der Waals surface area contributed by atoms with E-state index in [2.05, 4.69) is 53.3 Å². The van der Waals surface area contributed by atoms with Gasteiger partial charge in [-0.15, -0.1) is 0 Å². The second-order valence-corrected chi connectivity index (χ2v) is 5.76. The topological polar surface area (TPSA) is 41.0 Å². The van der Waals surface area contributed by atoms with Crippen molar-refractivity contribution in [2.75, 3.05) is 31.5 Å². The van der Waals surface area contributed by atoms with Crippen LogP contribution >= 0.6 is 0 Å². The Bertz CT molecular complexity index is 782. The minimum absolute atomic E-state index is 0.922. The normalized spacial score (nSPS) is 11.1. The minimum atomic E-state index is 0.922. The largest absolute Gasteiger partial charge is 0.383 e. The third kappa shape index (κ3) is 3.71. The maximum Gasteiger partial charge on any atom is 0.0731 e. The van der Waals surface area contributed by atoms with E-state index in [1.807, 2.05) is 18.2 Å². The van der Waals surface area contributed by atoms with Crippen molar-refractivity contribution < 1.29 is 0 Å². The molecule has 2 aromatic heterocycles. The van der Waals surface area contributed by atoms with E-state index in [-0.39, 0.29) is 0 Å². The van der Waals surface area contributed by atoms with E-state index in [1.165, 1.54) is 0 Å². The number of hydrogen-bond donors (Lipinski definition) is 1. The Balaban J connectivity index is 1.90. The highest BCUT2D eigenvalue weighted by molar-refractivity contribution is 5.93. The lowest BCUT2D eigenvalue weighted by atomic mass is 10.1. The Labute approximate surface area is 143 Å². The van der Waals surface area contributed by atoms with Gasteiger partial charge in [0.05, 0.1) is 11.2 Å². The molecule has 0 atom stereocenters. The van der Waals surface area contributed by atoms with Crippen LogP contribution in [0.3, 0.4) is 0 Å². The standard InChI is InChI=1S/C20H24N4/c1-3-24(4-2)14-13-22-20-15-19(16-9-11-21-12-10-16)23-18-8-6-5-7-17(18)20/h5-12,15H,3-4,13-14H2,1-2H3,(H,22,23). The van der Waals surface area contributed by atoms with Crippen LogP contribution in [0.15, 0.2) is 54.9 Å². The first-order valence-electron chi connectivity index (χ1n) is 8.58. The number of benzene rings is 1. The molecule has 4 nitrogen and oxygen atoms in total. The summed E-state index contributed by atoms with van der Waals surface area (Å²) in [5, 5.41) is 4.76. The van der Waals surface area contributed by atoms with Gasteiger partial charge in [0, 0.05) is 42.1 Å². The molecule has 0 radical (unpaired) electrons. The summed E-state index contributed by atoms with van der Waals surface area (Å²) < 4.78 is 0. The number of aromatic nitrogens is 2. The number of para-hydroxylation sites is 1. The summed E-state index contributed by atoms with van der Waals surface area (Å²) in [4.78, 5) is 11.3. The summed E-state index contributed by atoms with van der Waals surface area (Å²) in [5.74, 6) is 0. The molecule has 0 saturated heterocycles. The van der Waals surface area contributed by atoms with Crippen molar-refractivity contribution in [1.29, 1.82) is 0 Å². The molecule has 0 aliphatic rings. The monoisotopic (exact) mass is 320 g/mol. The fourth-order valence-electron chi connectivity index (χ4n) is 2.88. The van der Waals surface area contributed by atoms with Crippen LogP contribution in [0.1, 0.15) is 13.8 Å². The van der Waals surface area contributed by atoms with E-state index in [4.69, 9.17) is 4.98 Å². The van der Waals surface area contributed by atoms with Gasteiger partial charge in [0.15, 0.2) is 0 Å². The molecule has 0 unspecified atom stereocenters. The van der Waals surface area contributed by atoms with E-state index in [1.54, 1.807) is 12.4 Å². The third-order valence-electron chi connectivity index (χ3n) is 4.33. The van der Waals surface area contributed by atoms with Crippen LogP contribution in [0.2, 0.25) is 0 Å². The summed E-state index contributed by atoms with van der Waals surface area (Å²) in [7, 11) is 0. The van der Waals surface area contributed by atoms with Gasteiger partial charge in [0.2, 0.25) is 0 Å². The molecule has 0 fully saturated rings. The van der Waals surface area contributed by atoms with Crippen molar-refractivity contribution in [2.45, 2.75) is 13.8 Å². The first-order chi connectivity index (χ1) is 11.8. The summed E-state index contributed by atoms with van der Waals surface area (Å²) in [6, 6.07) is 14.4. The highest BCUT2D eigenvalue weighted by Gasteiger charge is 2.07. The average molecular weight is 320 g/mol. The Morgan fingerprint density at radius 3 is 2.50 bits per heavy atom. The van der Waals surface area contributed by atoms with Crippen molar-refractivity contribution in [2.24, 2.45) is 0 Å². The van der Waals surface area contributed by atoms with Gasteiger partial charge in [-0.1, -0.05) is 32.0 Å². The van der Waals surface area contributed by atoms with Gasteiger partial charge in [-0.2, -0.15) is 0 Å². The minimum Gasteiger partial charge on any atom is -0.383 e. The van der Waals surface area contributed by atoms with Gasteiger partial charge in [-0.05, 0) is 37.4 Å². The zero-order valence-electron chi connectivity index (χ0n) is 14.4. The van der Waals surface area contributed by atoms with Gasteiger partial charge >= 0.3 is 0 Å².